The lowest BCUT2D eigenvalue weighted by molar-refractivity contribution is -0.124. The molecule has 0 aromatic rings. The molecular weight excluding hydrogens is 152 g/mol. The van der Waals surface area contributed by atoms with Crippen molar-refractivity contribution in [3.05, 3.63) is 0 Å². The first-order valence-electron chi connectivity index (χ1n) is 4.19. The fourth-order valence-corrected chi connectivity index (χ4v) is 1.44. The van der Waals surface area contributed by atoms with Gasteiger partial charge in [-0.1, -0.05) is 0 Å². The average Bonchev–Trinajstić information content (AvgIpc) is 2.55. The summed E-state index contributed by atoms with van der Waals surface area (Å²) in [6.07, 6.45) is 7.32. The number of rotatable bonds is 2. The Morgan fingerprint density at radius 3 is 3.08 bits per heavy atom. The molecule has 1 unspecified atom stereocenters. The minimum absolute atomic E-state index is 0.233. The van der Waals surface area contributed by atoms with E-state index in [-0.39, 0.29) is 5.91 Å². The second-order valence-electron chi connectivity index (χ2n) is 3.12. The monoisotopic (exact) mass is 166 g/mol. The zero-order chi connectivity index (χ0) is 8.97. The Hall–Kier alpha value is -1.01. The second-order valence-corrected chi connectivity index (χ2v) is 3.12. The molecule has 1 N–H and O–H groups in total. The van der Waals surface area contributed by atoms with Crippen LogP contribution in [0.5, 0.6) is 0 Å². The summed E-state index contributed by atoms with van der Waals surface area (Å²) in [5.41, 5.74) is 0. The molecular formula is C9H14N2O. The number of carbonyl (C=O) groups excluding carboxylic acids is 1. The number of carbonyl (C=O) groups is 1. The Balaban J connectivity index is 2.30. The van der Waals surface area contributed by atoms with Crippen LogP contribution in [0, 0.1) is 12.3 Å². The van der Waals surface area contributed by atoms with Gasteiger partial charge in [-0.15, -0.1) is 6.42 Å². The van der Waals surface area contributed by atoms with Crippen LogP contribution in [0.15, 0.2) is 0 Å². The molecule has 0 spiro atoms. The molecule has 1 heterocycles. The molecule has 0 aromatic heterocycles. The molecule has 12 heavy (non-hydrogen) atoms. The van der Waals surface area contributed by atoms with Crippen LogP contribution in [0.4, 0.5) is 0 Å². The minimum atomic E-state index is -0.233. The highest BCUT2D eigenvalue weighted by molar-refractivity contribution is 5.92. The van der Waals surface area contributed by atoms with E-state index in [0.717, 1.165) is 19.5 Å². The number of nitrogens with zero attached hydrogens (tertiary/aromatic N) is 1. The zero-order valence-electron chi connectivity index (χ0n) is 7.34. The van der Waals surface area contributed by atoms with Gasteiger partial charge in [-0.3, -0.25) is 4.79 Å². The lowest BCUT2D eigenvalue weighted by Crippen LogP contribution is -2.38. The molecule has 3 heteroatoms. The molecule has 1 aliphatic rings. The predicted molar refractivity (Wildman–Crippen MR) is 47.5 cm³/mol. The number of amides is 1. The molecule has 0 aromatic carbocycles. The highest BCUT2D eigenvalue weighted by atomic mass is 16.2. The third-order valence-electron chi connectivity index (χ3n) is 2.13. The van der Waals surface area contributed by atoms with Gasteiger partial charge in [0, 0.05) is 19.6 Å². The molecule has 0 bridgehead atoms. The van der Waals surface area contributed by atoms with Gasteiger partial charge < -0.3 is 10.2 Å². The first kappa shape index (κ1) is 9.08. The van der Waals surface area contributed by atoms with E-state index in [4.69, 9.17) is 6.42 Å². The number of terminal acetylenes is 1. The Bertz CT molecular complexity index is 201. The van der Waals surface area contributed by atoms with Gasteiger partial charge in [0.1, 0.15) is 0 Å². The van der Waals surface area contributed by atoms with Crippen LogP contribution in [0.2, 0.25) is 0 Å². The Morgan fingerprint density at radius 1 is 1.83 bits per heavy atom. The van der Waals surface area contributed by atoms with Crippen molar-refractivity contribution in [2.75, 3.05) is 20.1 Å². The third kappa shape index (κ3) is 2.24. The van der Waals surface area contributed by atoms with Crippen molar-refractivity contribution in [2.24, 2.45) is 0 Å². The summed E-state index contributed by atoms with van der Waals surface area (Å²) in [4.78, 5) is 12.5. The SMILES string of the molecule is C#CC(=O)N(C)CC1CCCN1. The Labute approximate surface area is 73.1 Å². The molecule has 1 rings (SSSR count). The van der Waals surface area contributed by atoms with E-state index in [0.29, 0.717) is 6.04 Å². The summed E-state index contributed by atoms with van der Waals surface area (Å²) in [7, 11) is 1.74. The summed E-state index contributed by atoms with van der Waals surface area (Å²) in [6.45, 7) is 1.78. The smallest absolute Gasteiger partial charge is 0.297 e. The van der Waals surface area contributed by atoms with Crippen molar-refractivity contribution < 1.29 is 4.79 Å². The van der Waals surface area contributed by atoms with Crippen LogP contribution in [0.3, 0.4) is 0 Å². The molecule has 1 aliphatic heterocycles. The lowest BCUT2D eigenvalue weighted by atomic mass is 10.2. The van der Waals surface area contributed by atoms with Crippen molar-refractivity contribution in [1.29, 1.82) is 0 Å². The second kappa shape index (κ2) is 4.13. The minimum Gasteiger partial charge on any atom is -0.333 e. The van der Waals surface area contributed by atoms with Crippen molar-refractivity contribution in [2.45, 2.75) is 18.9 Å². The number of hydrogen-bond acceptors (Lipinski definition) is 2. The number of hydrogen-bond donors (Lipinski definition) is 1. The Morgan fingerprint density at radius 2 is 2.58 bits per heavy atom. The summed E-state index contributed by atoms with van der Waals surface area (Å²) in [6, 6.07) is 0.437. The van der Waals surface area contributed by atoms with Gasteiger partial charge in [0.2, 0.25) is 0 Å². The van der Waals surface area contributed by atoms with Crippen LogP contribution in [0.1, 0.15) is 12.8 Å². The number of likely N-dealkylation sites (N-methyl/N-ethyl adjacent to an activating group) is 1. The molecule has 0 aliphatic carbocycles. The Kier molecular flexibility index (Phi) is 3.12. The molecule has 1 amide bonds. The maximum atomic E-state index is 11.0. The molecule has 0 saturated carbocycles. The highest BCUT2D eigenvalue weighted by Crippen LogP contribution is 2.05. The van der Waals surface area contributed by atoms with E-state index in [1.165, 1.54) is 6.42 Å². The zero-order valence-corrected chi connectivity index (χ0v) is 7.34. The van der Waals surface area contributed by atoms with Crippen LogP contribution >= 0.6 is 0 Å². The summed E-state index contributed by atoms with van der Waals surface area (Å²) < 4.78 is 0. The molecule has 0 radical (unpaired) electrons. The molecule has 1 saturated heterocycles. The van der Waals surface area contributed by atoms with E-state index >= 15 is 0 Å². The summed E-state index contributed by atoms with van der Waals surface area (Å²) >= 11 is 0. The molecule has 3 nitrogen and oxygen atoms in total. The van der Waals surface area contributed by atoms with Crippen LogP contribution in [-0.4, -0.2) is 37.0 Å². The van der Waals surface area contributed by atoms with Gasteiger partial charge in [-0.25, -0.2) is 0 Å². The fraction of sp³-hybridized carbons (Fsp3) is 0.667. The van der Waals surface area contributed by atoms with Gasteiger partial charge in [0.05, 0.1) is 0 Å². The van der Waals surface area contributed by atoms with Crippen molar-refractivity contribution in [3.63, 3.8) is 0 Å². The van der Waals surface area contributed by atoms with Crippen molar-refractivity contribution in [1.82, 2.24) is 10.2 Å². The van der Waals surface area contributed by atoms with E-state index in [1.54, 1.807) is 11.9 Å². The first-order valence-corrected chi connectivity index (χ1v) is 4.19. The predicted octanol–water partition coefficient (Wildman–Crippen LogP) is -0.170. The van der Waals surface area contributed by atoms with Crippen molar-refractivity contribution in [3.8, 4) is 12.3 Å². The maximum absolute atomic E-state index is 11.0. The third-order valence-corrected chi connectivity index (χ3v) is 2.13. The molecule has 66 valence electrons. The standard InChI is InChI=1S/C9H14N2O/c1-3-9(12)11(2)7-8-5-4-6-10-8/h1,8,10H,4-7H2,2H3. The van der Waals surface area contributed by atoms with E-state index < -0.39 is 0 Å². The summed E-state index contributed by atoms with van der Waals surface area (Å²) in [5, 5.41) is 3.30. The number of nitrogens with one attached hydrogen (secondary N) is 1. The fourth-order valence-electron chi connectivity index (χ4n) is 1.44. The maximum Gasteiger partial charge on any atom is 0.297 e. The topological polar surface area (TPSA) is 32.3 Å². The van der Waals surface area contributed by atoms with Crippen LogP contribution < -0.4 is 5.32 Å². The average molecular weight is 166 g/mol. The van der Waals surface area contributed by atoms with Gasteiger partial charge in [-0.05, 0) is 25.3 Å². The van der Waals surface area contributed by atoms with Crippen molar-refractivity contribution >= 4 is 5.91 Å². The van der Waals surface area contributed by atoms with Crippen LogP contribution in [-0.2, 0) is 4.79 Å². The lowest BCUT2D eigenvalue weighted by Gasteiger charge is -2.18. The molecule has 1 atom stereocenters. The van der Waals surface area contributed by atoms with E-state index in [2.05, 4.69) is 11.2 Å². The van der Waals surface area contributed by atoms with Gasteiger partial charge in [0.25, 0.3) is 5.91 Å². The van der Waals surface area contributed by atoms with E-state index in [9.17, 15) is 4.79 Å². The molecule has 1 fully saturated rings. The van der Waals surface area contributed by atoms with Gasteiger partial charge in [-0.2, -0.15) is 0 Å². The largest absolute Gasteiger partial charge is 0.333 e. The van der Waals surface area contributed by atoms with Gasteiger partial charge >= 0.3 is 0 Å². The van der Waals surface area contributed by atoms with E-state index in [1.807, 2.05) is 0 Å². The summed E-state index contributed by atoms with van der Waals surface area (Å²) in [5.74, 6) is 1.87. The van der Waals surface area contributed by atoms with Gasteiger partial charge in [0.15, 0.2) is 0 Å². The quantitative estimate of drug-likeness (QED) is 0.578. The first-order chi connectivity index (χ1) is 5.74. The highest BCUT2D eigenvalue weighted by Gasteiger charge is 2.17. The normalized spacial score (nSPS) is 21.8. The van der Waals surface area contributed by atoms with Crippen LogP contribution in [0.25, 0.3) is 0 Å².